The van der Waals surface area contributed by atoms with E-state index in [1.54, 1.807) is 0 Å². The Labute approximate surface area is 128 Å². The van der Waals surface area contributed by atoms with Gasteiger partial charge in [0.1, 0.15) is 0 Å². The summed E-state index contributed by atoms with van der Waals surface area (Å²) in [5, 5.41) is 4.25. The van der Waals surface area contributed by atoms with Crippen molar-refractivity contribution in [1.82, 2.24) is 4.57 Å². The van der Waals surface area contributed by atoms with E-state index in [2.05, 4.69) is 62.6 Å². The molecule has 1 nitrogen and oxygen atoms in total. The van der Waals surface area contributed by atoms with Crippen LogP contribution in [0.5, 0.6) is 0 Å². The number of aromatic nitrogens is 1. The highest BCUT2D eigenvalue weighted by Gasteiger charge is 2.17. The monoisotopic (exact) mass is 293 g/mol. The fourth-order valence-electron chi connectivity index (χ4n) is 3.55. The second-order valence-corrected chi connectivity index (χ2v) is 7.06. The van der Waals surface area contributed by atoms with Crippen LogP contribution in [0.4, 0.5) is 0 Å². The van der Waals surface area contributed by atoms with Gasteiger partial charge in [0.25, 0.3) is 0 Å². The molecule has 0 saturated heterocycles. The Morgan fingerprint density at radius 1 is 1.05 bits per heavy atom. The molecule has 2 aromatic heterocycles. The minimum Gasteiger partial charge on any atom is -0.340 e. The van der Waals surface area contributed by atoms with Gasteiger partial charge in [0.15, 0.2) is 0 Å². The molecule has 2 aromatic carbocycles. The molecule has 0 aliphatic carbocycles. The van der Waals surface area contributed by atoms with E-state index in [0.717, 1.165) is 6.54 Å². The molecule has 0 N–H and O–H groups in total. The van der Waals surface area contributed by atoms with E-state index < -0.39 is 0 Å². The van der Waals surface area contributed by atoms with E-state index in [9.17, 15) is 0 Å². The molecule has 0 aliphatic rings. The highest BCUT2D eigenvalue weighted by molar-refractivity contribution is 7.20. The molecule has 2 heteroatoms. The van der Waals surface area contributed by atoms with Crippen molar-refractivity contribution in [3.05, 3.63) is 46.3 Å². The summed E-state index contributed by atoms with van der Waals surface area (Å²) in [5.41, 5.74) is 5.61. The van der Waals surface area contributed by atoms with Crippen LogP contribution >= 0.6 is 11.3 Å². The van der Waals surface area contributed by atoms with Gasteiger partial charge in [-0.1, -0.05) is 18.2 Å². The Morgan fingerprint density at radius 3 is 2.57 bits per heavy atom. The van der Waals surface area contributed by atoms with E-state index in [-0.39, 0.29) is 0 Å². The van der Waals surface area contributed by atoms with Crippen molar-refractivity contribution < 1.29 is 0 Å². The van der Waals surface area contributed by atoms with Crippen LogP contribution in [-0.4, -0.2) is 4.57 Å². The lowest BCUT2D eigenvalue weighted by molar-refractivity contribution is 0.830. The highest BCUT2D eigenvalue weighted by Crippen LogP contribution is 2.41. The summed E-state index contributed by atoms with van der Waals surface area (Å²) >= 11 is 1.94. The van der Waals surface area contributed by atoms with Gasteiger partial charge in [-0.3, -0.25) is 0 Å². The maximum absolute atomic E-state index is 2.48. The van der Waals surface area contributed by atoms with Crippen molar-refractivity contribution in [2.45, 2.75) is 34.2 Å². The normalized spacial score (nSPS) is 12.0. The minimum absolute atomic E-state index is 1.01. The average molecular weight is 293 g/mol. The van der Waals surface area contributed by atoms with Crippen LogP contribution in [0, 0.1) is 20.8 Å². The second kappa shape index (κ2) is 4.35. The number of para-hydroxylation sites is 1. The molecule has 2 heterocycles. The summed E-state index contributed by atoms with van der Waals surface area (Å²) < 4.78 is 3.93. The van der Waals surface area contributed by atoms with Gasteiger partial charge in [-0.2, -0.15) is 0 Å². The van der Waals surface area contributed by atoms with Crippen molar-refractivity contribution >= 4 is 43.2 Å². The molecule has 21 heavy (non-hydrogen) atoms. The van der Waals surface area contributed by atoms with E-state index in [1.165, 1.54) is 47.9 Å². The van der Waals surface area contributed by atoms with Crippen LogP contribution in [0.3, 0.4) is 0 Å². The molecule has 0 spiro atoms. The third kappa shape index (κ3) is 1.57. The number of nitrogens with zero attached hydrogens (tertiary/aromatic N) is 1. The van der Waals surface area contributed by atoms with Crippen LogP contribution in [0.1, 0.15) is 22.9 Å². The van der Waals surface area contributed by atoms with E-state index in [1.807, 2.05) is 11.3 Å². The molecular formula is C19H19NS. The van der Waals surface area contributed by atoms with Crippen LogP contribution in [-0.2, 0) is 6.54 Å². The Bertz CT molecular complexity index is 1000. The maximum Gasteiger partial charge on any atom is 0.0675 e. The van der Waals surface area contributed by atoms with E-state index >= 15 is 0 Å². The second-order valence-electron chi connectivity index (χ2n) is 5.84. The minimum atomic E-state index is 1.01. The first-order valence-corrected chi connectivity index (χ1v) is 8.35. The smallest absolute Gasteiger partial charge is 0.0675 e. The van der Waals surface area contributed by atoms with Gasteiger partial charge < -0.3 is 4.57 Å². The molecule has 0 saturated carbocycles. The quantitative estimate of drug-likeness (QED) is 0.408. The summed E-state index contributed by atoms with van der Waals surface area (Å²) in [5.74, 6) is 0. The number of benzene rings is 2. The van der Waals surface area contributed by atoms with Gasteiger partial charge in [0, 0.05) is 27.7 Å². The third-order valence-electron chi connectivity index (χ3n) is 4.69. The summed E-state index contributed by atoms with van der Waals surface area (Å²) in [6.07, 6.45) is 0. The molecule has 0 fully saturated rings. The van der Waals surface area contributed by atoms with Crippen molar-refractivity contribution in [3.63, 3.8) is 0 Å². The Kier molecular flexibility index (Phi) is 2.67. The molecule has 106 valence electrons. The SMILES string of the molecule is CCn1c2ccccc2c2c(C)cc3c(C)c(C)sc3c21. The lowest BCUT2D eigenvalue weighted by Crippen LogP contribution is -1.93. The van der Waals surface area contributed by atoms with E-state index in [0.29, 0.717) is 0 Å². The third-order valence-corrected chi connectivity index (χ3v) is 5.92. The molecule has 4 rings (SSSR count). The first-order chi connectivity index (χ1) is 10.1. The number of aryl methyl sites for hydroxylation is 4. The molecule has 0 bridgehead atoms. The lowest BCUT2D eigenvalue weighted by atomic mass is 10.0. The lowest BCUT2D eigenvalue weighted by Gasteiger charge is -2.05. The van der Waals surface area contributed by atoms with Gasteiger partial charge >= 0.3 is 0 Å². The molecular weight excluding hydrogens is 274 g/mol. The molecule has 0 aliphatic heterocycles. The van der Waals surface area contributed by atoms with Gasteiger partial charge in [-0.15, -0.1) is 11.3 Å². The average Bonchev–Trinajstić information content (AvgIpc) is 2.96. The zero-order valence-corrected chi connectivity index (χ0v) is 13.8. The van der Waals surface area contributed by atoms with Crippen LogP contribution < -0.4 is 0 Å². The molecule has 0 amide bonds. The highest BCUT2D eigenvalue weighted by atomic mass is 32.1. The predicted octanol–water partition coefficient (Wildman–Crippen LogP) is 5.95. The van der Waals surface area contributed by atoms with Crippen LogP contribution in [0.15, 0.2) is 30.3 Å². The van der Waals surface area contributed by atoms with Crippen molar-refractivity contribution in [3.8, 4) is 0 Å². The topological polar surface area (TPSA) is 4.93 Å². The molecule has 0 radical (unpaired) electrons. The van der Waals surface area contributed by atoms with Gasteiger partial charge in [-0.25, -0.2) is 0 Å². The number of rotatable bonds is 1. The largest absolute Gasteiger partial charge is 0.340 e. The first-order valence-electron chi connectivity index (χ1n) is 7.53. The number of thiophene rings is 1. The summed E-state index contributed by atoms with van der Waals surface area (Å²) in [7, 11) is 0. The number of hydrogen-bond acceptors (Lipinski definition) is 1. The standard InChI is InChI=1S/C19H19NS/c1-5-20-16-9-7-6-8-14(16)17-11(2)10-15-12(3)13(4)21-19(15)18(17)20/h6-10H,5H2,1-4H3. The Balaban J connectivity index is 2.40. The van der Waals surface area contributed by atoms with Gasteiger partial charge in [0.05, 0.1) is 10.2 Å². The van der Waals surface area contributed by atoms with Crippen LogP contribution in [0.25, 0.3) is 31.9 Å². The first kappa shape index (κ1) is 12.9. The Morgan fingerprint density at radius 2 is 1.81 bits per heavy atom. The van der Waals surface area contributed by atoms with Crippen molar-refractivity contribution in [1.29, 1.82) is 0 Å². The molecule has 0 atom stereocenters. The summed E-state index contributed by atoms with van der Waals surface area (Å²) in [4.78, 5) is 1.44. The van der Waals surface area contributed by atoms with E-state index in [4.69, 9.17) is 0 Å². The van der Waals surface area contributed by atoms with Gasteiger partial charge in [-0.05, 0) is 56.3 Å². The number of fused-ring (bicyclic) bond motifs is 5. The summed E-state index contributed by atoms with van der Waals surface area (Å²) in [6, 6.07) is 11.2. The van der Waals surface area contributed by atoms with Gasteiger partial charge in [0.2, 0.25) is 0 Å². The zero-order valence-electron chi connectivity index (χ0n) is 12.9. The summed E-state index contributed by atoms with van der Waals surface area (Å²) in [6.45, 7) is 9.99. The maximum atomic E-state index is 2.48. The molecule has 4 aromatic rings. The molecule has 0 unspecified atom stereocenters. The predicted molar refractivity (Wildman–Crippen MR) is 94.7 cm³/mol. The Hall–Kier alpha value is -1.80. The number of hydrogen-bond donors (Lipinski definition) is 0. The zero-order chi connectivity index (χ0) is 14.7. The van der Waals surface area contributed by atoms with Crippen LogP contribution in [0.2, 0.25) is 0 Å². The fourth-order valence-corrected chi connectivity index (χ4v) is 4.75. The van der Waals surface area contributed by atoms with Crippen molar-refractivity contribution in [2.75, 3.05) is 0 Å². The van der Waals surface area contributed by atoms with Crippen molar-refractivity contribution in [2.24, 2.45) is 0 Å². The fraction of sp³-hybridized carbons (Fsp3) is 0.263.